The van der Waals surface area contributed by atoms with E-state index in [9.17, 15) is 9.59 Å². The van der Waals surface area contributed by atoms with Crippen LogP contribution in [0.1, 0.15) is 33.3 Å². The second-order valence-corrected chi connectivity index (χ2v) is 6.49. The Morgan fingerprint density at radius 3 is 2.22 bits per heavy atom. The van der Waals surface area contributed by atoms with Crippen LogP contribution >= 0.6 is 0 Å². The van der Waals surface area contributed by atoms with Gasteiger partial charge in [-0.3, -0.25) is 9.59 Å². The quantitative estimate of drug-likeness (QED) is 0.429. The summed E-state index contributed by atoms with van der Waals surface area (Å²) < 4.78 is 1.84. The Labute approximate surface area is 156 Å². The number of Topliss-reactive ketones (excluding diaryl/α,β-unsaturated/α-hetero) is 1. The number of fused-ring (bicyclic) bond motifs is 1. The first-order valence-electron chi connectivity index (χ1n) is 8.66. The van der Waals surface area contributed by atoms with Gasteiger partial charge in [0.2, 0.25) is 5.78 Å². The van der Waals surface area contributed by atoms with Gasteiger partial charge in [0, 0.05) is 28.6 Å². The molecule has 0 bridgehead atoms. The van der Waals surface area contributed by atoms with Gasteiger partial charge in [0.25, 0.3) is 0 Å². The van der Waals surface area contributed by atoms with E-state index in [1.54, 1.807) is 24.4 Å². The van der Waals surface area contributed by atoms with Gasteiger partial charge in [-0.2, -0.15) is 0 Å². The lowest BCUT2D eigenvalue weighted by molar-refractivity contribution is 0.101. The molecule has 0 amide bonds. The zero-order chi connectivity index (χ0) is 19.0. The summed E-state index contributed by atoms with van der Waals surface area (Å²) in [5.74, 6) is -0.0826. The standard InChI is InChI=1S/C23H18N2O2/c1-15(26)18-11-12-25-21(13-18)20(16-7-9-19(24)10-8-16)14-22(25)23(27)17-5-3-2-4-6-17/h2-14H,24H2,1H3. The maximum Gasteiger partial charge on any atom is 0.209 e. The number of carbonyl (C=O) groups is 2. The first-order chi connectivity index (χ1) is 13.0. The van der Waals surface area contributed by atoms with E-state index in [1.807, 2.05) is 59.0 Å². The van der Waals surface area contributed by atoms with Crippen molar-refractivity contribution in [3.63, 3.8) is 0 Å². The zero-order valence-corrected chi connectivity index (χ0v) is 14.8. The van der Waals surface area contributed by atoms with Crippen molar-refractivity contribution in [3.8, 4) is 11.1 Å². The minimum absolute atomic E-state index is 0.0158. The number of rotatable bonds is 4. The lowest BCUT2D eigenvalue weighted by atomic mass is 10.0. The maximum atomic E-state index is 13.1. The molecule has 0 saturated heterocycles. The molecule has 4 heteroatoms. The van der Waals surface area contributed by atoms with Gasteiger partial charge >= 0.3 is 0 Å². The molecule has 2 aromatic carbocycles. The van der Waals surface area contributed by atoms with E-state index < -0.39 is 0 Å². The minimum Gasteiger partial charge on any atom is -0.399 e. The molecule has 0 aliphatic heterocycles. The highest BCUT2D eigenvalue weighted by atomic mass is 16.1. The number of anilines is 1. The summed E-state index contributed by atoms with van der Waals surface area (Å²) in [7, 11) is 0. The fraction of sp³-hybridized carbons (Fsp3) is 0.0435. The molecule has 0 unspecified atom stereocenters. The summed E-state index contributed by atoms with van der Waals surface area (Å²) in [5.41, 5.74) is 10.9. The highest BCUT2D eigenvalue weighted by Crippen LogP contribution is 2.30. The molecule has 0 radical (unpaired) electrons. The first kappa shape index (κ1) is 16.8. The Morgan fingerprint density at radius 2 is 1.56 bits per heavy atom. The molecule has 4 rings (SSSR count). The molecule has 2 aromatic heterocycles. The van der Waals surface area contributed by atoms with Gasteiger partial charge in [-0.25, -0.2) is 0 Å². The molecule has 132 valence electrons. The number of ketones is 2. The summed E-state index contributed by atoms with van der Waals surface area (Å²) in [4.78, 5) is 24.9. The topological polar surface area (TPSA) is 64.6 Å². The fourth-order valence-electron chi connectivity index (χ4n) is 3.22. The lowest BCUT2D eigenvalue weighted by Crippen LogP contribution is -2.05. The second-order valence-electron chi connectivity index (χ2n) is 6.49. The number of nitrogens with zero attached hydrogens (tertiary/aromatic N) is 1. The number of nitrogen functional groups attached to an aromatic ring is 1. The van der Waals surface area contributed by atoms with E-state index in [2.05, 4.69) is 0 Å². The molecule has 2 heterocycles. The number of hydrogen-bond donors (Lipinski definition) is 1. The number of benzene rings is 2. The summed E-state index contributed by atoms with van der Waals surface area (Å²) >= 11 is 0. The van der Waals surface area contributed by atoms with Crippen LogP contribution in [0.4, 0.5) is 5.69 Å². The zero-order valence-electron chi connectivity index (χ0n) is 14.8. The van der Waals surface area contributed by atoms with Crippen LogP contribution in [0.5, 0.6) is 0 Å². The Hall–Kier alpha value is -3.66. The van der Waals surface area contributed by atoms with Crippen molar-refractivity contribution in [3.05, 3.63) is 95.8 Å². The first-order valence-corrected chi connectivity index (χ1v) is 8.66. The van der Waals surface area contributed by atoms with E-state index in [0.717, 1.165) is 16.6 Å². The molecule has 4 aromatic rings. The van der Waals surface area contributed by atoms with Crippen LogP contribution in [0, 0.1) is 0 Å². The monoisotopic (exact) mass is 354 g/mol. The Balaban J connectivity index is 1.96. The van der Waals surface area contributed by atoms with Gasteiger partial charge in [0.05, 0.1) is 11.2 Å². The van der Waals surface area contributed by atoms with Crippen LogP contribution in [0.3, 0.4) is 0 Å². The third-order valence-electron chi connectivity index (χ3n) is 4.67. The van der Waals surface area contributed by atoms with Gasteiger partial charge in [-0.1, -0.05) is 42.5 Å². The molecular formula is C23H18N2O2. The van der Waals surface area contributed by atoms with Crippen molar-refractivity contribution in [2.45, 2.75) is 6.92 Å². The van der Waals surface area contributed by atoms with Gasteiger partial charge in [0.1, 0.15) is 0 Å². The van der Waals surface area contributed by atoms with E-state index in [0.29, 0.717) is 22.5 Å². The van der Waals surface area contributed by atoms with Gasteiger partial charge in [-0.05, 0) is 42.8 Å². The van der Waals surface area contributed by atoms with Crippen LogP contribution in [-0.4, -0.2) is 16.0 Å². The number of hydrogen-bond acceptors (Lipinski definition) is 3. The number of pyridine rings is 1. The molecule has 4 nitrogen and oxygen atoms in total. The SMILES string of the molecule is CC(=O)c1ccn2c(C(=O)c3ccccc3)cc(-c3ccc(N)cc3)c2c1. The van der Waals surface area contributed by atoms with Crippen molar-refractivity contribution in [2.75, 3.05) is 5.73 Å². The van der Waals surface area contributed by atoms with Crippen LogP contribution in [0.2, 0.25) is 0 Å². The van der Waals surface area contributed by atoms with Crippen molar-refractivity contribution >= 4 is 22.8 Å². The highest BCUT2D eigenvalue weighted by Gasteiger charge is 2.18. The molecule has 0 fully saturated rings. The summed E-state index contributed by atoms with van der Waals surface area (Å²) in [6.45, 7) is 1.54. The third kappa shape index (κ3) is 3.02. The smallest absolute Gasteiger partial charge is 0.209 e. The van der Waals surface area contributed by atoms with E-state index in [-0.39, 0.29) is 11.6 Å². The number of nitrogens with two attached hydrogens (primary N) is 1. The molecule has 27 heavy (non-hydrogen) atoms. The van der Waals surface area contributed by atoms with Crippen LogP contribution in [0.15, 0.2) is 79.0 Å². The lowest BCUT2D eigenvalue weighted by Gasteiger charge is -2.05. The van der Waals surface area contributed by atoms with Crippen LogP contribution < -0.4 is 5.73 Å². The van der Waals surface area contributed by atoms with Crippen LogP contribution in [-0.2, 0) is 0 Å². The predicted molar refractivity (Wildman–Crippen MR) is 107 cm³/mol. The molecule has 0 saturated carbocycles. The summed E-state index contributed by atoms with van der Waals surface area (Å²) in [6, 6.07) is 22.1. The van der Waals surface area contributed by atoms with Gasteiger partial charge in [-0.15, -0.1) is 0 Å². The second kappa shape index (κ2) is 6.57. The highest BCUT2D eigenvalue weighted by molar-refractivity contribution is 6.10. The molecular weight excluding hydrogens is 336 g/mol. The Kier molecular flexibility index (Phi) is 4.09. The van der Waals surface area contributed by atoms with E-state index in [4.69, 9.17) is 5.73 Å². The molecule has 0 aliphatic carbocycles. The normalized spacial score (nSPS) is 10.9. The Morgan fingerprint density at radius 1 is 0.852 bits per heavy atom. The molecule has 2 N–H and O–H groups in total. The van der Waals surface area contributed by atoms with E-state index in [1.165, 1.54) is 6.92 Å². The summed E-state index contributed by atoms with van der Waals surface area (Å²) in [6.07, 6.45) is 1.78. The van der Waals surface area contributed by atoms with Crippen LogP contribution in [0.25, 0.3) is 16.6 Å². The minimum atomic E-state index is -0.0668. The van der Waals surface area contributed by atoms with Crippen molar-refractivity contribution < 1.29 is 9.59 Å². The van der Waals surface area contributed by atoms with Gasteiger partial charge in [0.15, 0.2) is 5.78 Å². The van der Waals surface area contributed by atoms with Crippen molar-refractivity contribution in [2.24, 2.45) is 0 Å². The number of carbonyl (C=O) groups excluding carboxylic acids is 2. The van der Waals surface area contributed by atoms with Crippen molar-refractivity contribution in [1.82, 2.24) is 4.40 Å². The summed E-state index contributed by atoms with van der Waals surface area (Å²) in [5, 5.41) is 0. The number of aromatic nitrogens is 1. The Bertz CT molecular complexity index is 1160. The molecule has 0 aliphatic rings. The predicted octanol–water partition coefficient (Wildman–Crippen LogP) is 4.62. The van der Waals surface area contributed by atoms with Crippen molar-refractivity contribution in [1.29, 1.82) is 0 Å². The maximum absolute atomic E-state index is 13.1. The average Bonchev–Trinajstić information content (AvgIpc) is 3.07. The third-order valence-corrected chi connectivity index (χ3v) is 4.67. The fourth-order valence-corrected chi connectivity index (χ4v) is 3.22. The molecule has 0 spiro atoms. The average molecular weight is 354 g/mol. The largest absolute Gasteiger partial charge is 0.399 e. The van der Waals surface area contributed by atoms with Gasteiger partial charge < -0.3 is 10.1 Å². The molecule has 0 atom stereocenters. The van der Waals surface area contributed by atoms with E-state index >= 15 is 0 Å².